The van der Waals surface area contributed by atoms with Gasteiger partial charge in [-0.15, -0.1) is 0 Å². The van der Waals surface area contributed by atoms with Gasteiger partial charge in [-0.25, -0.2) is 15.0 Å². The minimum atomic E-state index is 0.619. The van der Waals surface area contributed by atoms with Crippen LogP contribution in [0.15, 0.2) is 168 Å². The Morgan fingerprint density at radius 1 is 0.265 bits per heavy atom. The molecule has 4 heteroatoms. The lowest BCUT2D eigenvalue weighted by Crippen LogP contribution is -2.00. The lowest BCUT2D eigenvalue weighted by Gasteiger charge is -2.12. The zero-order chi connectivity index (χ0) is 32.3. The van der Waals surface area contributed by atoms with Crippen LogP contribution in [0.1, 0.15) is 0 Å². The van der Waals surface area contributed by atoms with Gasteiger partial charge in [0.2, 0.25) is 0 Å². The molecule has 0 aliphatic rings. The fourth-order valence-corrected chi connectivity index (χ4v) is 7.12. The summed E-state index contributed by atoms with van der Waals surface area (Å²) in [6.07, 6.45) is 0. The van der Waals surface area contributed by atoms with Crippen LogP contribution in [0.4, 0.5) is 0 Å². The van der Waals surface area contributed by atoms with Crippen molar-refractivity contribution in [3.05, 3.63) is 164 Å². The molecule has 8 aromatic carbocycles. The molecule has 4 nitrogen and oxygen atoms in total. The van der Waals surface area contributed by atoms with E-state index >= 15 is 0 Å². The van der Waals surface area contributed by atoms with Gasteiger partial charge in [-0.1, -0.05) is 127 Å². The van der Waals surface area contributed by atoms with Crippen LogP contribution in [0.5, 0.6) is 0 Å². The summed E-state index contributed by atoms with van der Waals surface area (Å²) in [5, 5.41) is 9.69. The third-order valence-corrected chi connectivity index (χ3v) is 9.50. The number of rotatable bonds is 4. The van der Waals surface area contributed by atoms with E-state index in [1.165, 1.54) is 32.3 Å². The van der Waals surface area contributed by atoms with Crippen LogP contribution in [-0.4, -0.2) is 15.0 Å². The van der Waals surface area contributed by atoms with Crippen LogP contribution < -0.4 is 0 Å². The maximum Gasteiger partial charge on any atom is 0.164 e. The molecule has 0 amide bonds. The third kappa shape index (κ3) is 4.57. The molecule has 0 spiro atoms. The molecule has 0 saturated carbocycles. The highest BCUT2D eigenvalue weighted by atomic mass is 16.3. The third-order valence-electron chi connectivity index (χ3n) is 9.50. The lowest BCUT2D eigenvalue weighted by molar-refractivity contribution is 0.669. The molecular weight excluding hydrogens is 599 g/mol. The number of hydrogen-bond donors (Lipinski definition) is 0. The van der Waals surface area contributed by atoms with Crippen molar-refractivity contribution in [2.75, 3.05) is 0 Å². The van der Waals surface area contributed by atoms with Gasteiger partial charge >= 0.3 is 0 Å². The van der Waals surface area contributed by atoms with E-state index in [1.807, 2.05) is 72.8 Å². The SMILES string of the molecule is c1ccc(-c2nc(-c3ccccc3)nc(-c3ccc4oc5ccc(-c6ccc7c8ccccc8c8ccccc8c7c6)cc5c4c3)n2)cc1. The van der Waals surface area contributed by atoms with Crippen LogP contribution in [0.2, 0.25) is 0 Å². The second-order valence-electron chi connectivity index (χ2n) is 12.4. The Balaban J connectivity index is 1.13. The molecule has 0 aliphatic heterocycles. The molecule has 10 rings (SSSR count). The summed E-state index contributed by atoms with van der Waals surface area (Å²) < 4.78 is 6.34. The largest absolute Gasteiger partial charge is 0.456 e. The van der Waals surface area contributed by atoms with E-state index in [9.17, 15) is 0 Å². The second kappa shape index (κ2) is 11.0. The molecule has 2 aromatic heterocycles. The minimum Gasteiger partial charge on any atom is -0.456 e. The maximum atomic E-state index is 6.34. The van der Waals surface area contributed by atoms with E-state index in [0.29, 0.717) is 17.5 Å². The summed E-state index contributed by atoms with van der Waals surface area (Å²) in [5.41, 5.74) is 6.76. The van der Waals surface area contributed by atoms with E-state index in [1.54, 1.807) is 0 Å². The Labute approximate surface area is 282 Å². The first-order valence-corrected chi connectivity index (χ1v) is 16.4. The fourth-order valence-electron chi connectivity index (χ4n) is 7.12. The molecule has 0 atom stereocenters. The molecule has 228 valence electrons. The summed E-state index contributed by atoms with van der Waals surface area (Å²) in [6, 6.07) is 57.0. The van der Waals surface area contributed by atoms with Gasteiger partial charge in [0, 0.05) is 27.5 Å². The fraction of sp³-hybridized carbons (Fsp3) is 0. The molecule has 0 fully saturated rings. The highest BCUT2D eigenvalue weighted by Gasteiger charge is 2.16. The standard InChI is InChI=1S/C45H27N3O/c1-3-11-28(12-4-1)43-46-44(29-13-5-2-6-14-29)48-45(47-43)32-21-24-42-40(27-32)39-26-31(20-23-41(39)49-42)30-19-22-37-35-17-8-7-15-33(35)34-16-9-10-18-36(34)38(37)25-30/h1-27H. The number of benzene rings is 8. The Morgan fingerprint density at radius 3 is 1.16 bits per heavy atom. The van der Waals surface area contributed by atoms with Crippen LogP contribution in [-0.2, 0) is 0 Å². The molecule has 0 bridgehead atoms. The predicted octanol–water partition coefficient (Wildman–Crippen LogP) is 11.9. The number of aromatic nitrogens is 3. The van der Waals surface area contributed by atoms with Gasteiger partial charge in [-0.05, 0) is 79.8 Å². The second-order valence-corrected chi connectivity index (χ2v) is 12.4. The summed E-state index contributed by atoms with van der Waals surface area (Å²) in [5.74, 6) is 1.90. The number of furan rings is 1. The monoisotopic (exact) mass is 625 g/mol. The van der Waals surface area contributed by atoms with Crippen molar-refractivity contribution in [3.8, 4) is 45.3 Å². The molecule has 10 aromatic rings. The summed E-state index contributed by atoms with van der Waals surface area (Å²) in [7, 11) is 0. The summed E-state index contributed by atoms with van der Waals surface area (Å²) >= 11 is 0. The van der Waals surface area contributed by atoms with E-state index < -0.39 is 0 Å². The molecule has 0 N–H and O–H groups in total. The Bertz CT molecular complexity index is 2780. The van der Waals surface area contributed by atoms with Gasteiger partial charge in [0.15, 0.2) is 17.5 Å². The molecule has 49 heavy (non-hydrogen) atoms. The first-order chi connectivity index (χ1) is 24.3. The van der Waals surface area contributed by atoms with Crippen molar-refractivity contribution >= 4 is 54.3 Å². The average molecular weight is 626 g/mol. The van der Waals surface area contributed by atoms with Crippen LogP contribution >= 0.6 is 0 Å². The van der Waals surface area contributed by atoms with Gasteiger partial charge in [-0.2, -0.15) is 0 Å². The van der Waals surface area contributed by atoms with Crippen molar-refractivity contribution in [3.63, 3.8) is 0 Å². The molecule has 0 saturated heterocycles. The highest BCUT2D eigenvalue weighted by Crippen LogP contribution is 2.39. The van der Waals surface area contributed by atoms with Crippen molar-refractivity contribution in [2.45, 2.75) is 0 Å². The van der Waals surface area contributed by atoms with Crippen molar-refractivity contribution in [1.29, 1.82) is 0 Å². The van der Waals surface area contributed by atoms with Crippen molar-refractivity contribution in [1.82, 2.24) is 15.0 Å². The zero-order valence-corrected chi connectivity index (χ0v) is 26.3. The molecule has 2 heterocycles. The summed E-state index contributed by atoms with van der Waals surface area (Å²) in [6.45, 7) is 0. The quantitative estimate of drug-likeness (QED) is 0.183. The van der Waals surface area contributed by atoms with Crippen LogP contribution in [0.3, 0.4) is 0 Å². The molecular formula is C45H27N3O. The first kappa shape index (κ1) is 27.5. The zero-order valence-electron chi connectivity index (χ0n) is 26.3. The van der Waals surface area contributed by atoms with Gasteiger partial charge in [-0.3, -0.25) is 0 Å². The van der Waals surface area contributed by atoms with Crippen molar-refractivity contribution in [2.24, 2.45) is 0 Å². The average Bonchev–Trinajstić information content (AvgIpc) is 3.55. The maximum absolute atomic E-state index is 6.34. The Kier molecular flexibility index (Phi) is 6.15. The topological polar surface area (TPSA) is 51.8 Å². The smallest absolute Gasteiger partial charge is 0.164 e. The van der Waals surface area contributed by atoms with Gasteiger partial charge < -0.3 is 4.42 Å². The Morgan fingerprint density at radius 2 is 0.633 bits per heavy atom. The van der Waals surface area contributed by atoms with Crippen molar-refractivity contribution < 1.29 is 4.42 Å². The van der Waals surface area contributed by atoms with E-state index in [0.717, 1.165) is 49.8 Å². The van der Waals surface area contributed by atoms with E-state index in [-0.39, 0.29) is 0 Å². The number of hydrogen-bond acceptors (Lipinski definition) is 4. The first-order valence-electron chi connectivity index (χ1n) is 16.4. The summed E-state index contributed by atoms with van der Waals surface area (Å²) in [4.78, 5) is 14.8. The van der Waals surface area contributed by atoms with Crippen LogP contribution in [0, 0.1) is 0 Å². The molecule has 0 unspecified atom stereocenters. The van der Waals surface area contributed by atoms with E-state index in [2.05, 4.69) is 91.0 Å². The van der Waals surface area contributed by atoms with Gasteiger partial charge in [0.1, 0.15) is 11.2 Å². The highest BCUT2D eigenvalue weighted by molar-refractivity contribution is 6.25. The molecule has 0 radical (unpaired) electrons. The number of fused-ring (bicyclic) bond motifs is 9. The van der Waals surface area contributed by atoms with Gasteiger partial charge in [0.05, 0.1) is 0 Å². The number of nitrogens with zero attached hydrogens (tertiary/aromatic N) is 3. The normalized spacial score (nSPS) is 11.7. The lowest BCUT2D eigenvalue weighted by atomic mass is 9.92. The predicted molar refractivity (Wildman–Crippen MR) is 201 cm³/mol. The van der Waals surface area contributed by atoms with Crippen LogP contribution in [0.25, 0.3) is 99.5 Å². The molecule has 0 aliphatic carbocycles. The minimum absolute atomic E-state index is 0.619. The van der Waals surface area contributed by atoms with Gasteiger partial charge in [0.25, 0.3) is 0 Å². The van der Waals surface area contributed by atoms with E-state index in [4.69, 9.17) is 19.4 Å². The Hall–Kier alpha value is -6.65.